The molecule has 0 aliphatic heterocycles. The third-order valence-electron chi connectivity index (χ3n) is 3.08. The summed E-state index contributed by atoms with van der Waals surface area (Å²) in [6, 6.07) is 0. The van der Waals surface area contributed by atoms with E-state index in [4.69, 9.17) is 0 Å². The lowest BCUT2D eigenvalue weighted by Crippen LogP contribution is -2.07. The summed E-state index contributed by atoms with van der Waals surface area (Å²) >= 11 is 0. The van der Waals surface area contributed by atoms with Crippen molar-refractivity contribution >= 4 is 5.78 Å². The number of rotatable bonds is 3. The van der Waals surface area contributed by atoms with Crippen LogP contribution in [0.4, 0.5) is 0 Å². The molecule has 1 aliphatic rings. The van der Waals surface area contributed by atoms with E-state index >= 15 is 0 Å². The van der Waals surface area contributed by atoms with Crippen molar-refractivity contribution in [1.29, 1.82) is 0 Å². The van der Waals surface area contributed by atoms with Crippen LogP contribution in [0.5, 0.6) is 0 Å². The molecule has 1 heteroatoms. The van der Waals surface area contributed by atoms with Gasteiger partial charge in [-0.3, -0.25) is 4.79 Å². The van der Waals surface area contributed by atoms with Gasteiger partial charge in [-0.25, -0.2) is 0 Å². The predicted molar refractivity (Wildman–Crippen MR) is 69.3 cm³/mol. The van der Waals surface area contributed by atoms with E-state index in [1.54, 1.807) is 12.2 Å². The molecule has 1 aliphatic carbocycles. The highest BCUT2D eigenvalue weighted by Crippen LogP contribution is 2.28. The number of carbonyl (C=O) groups is 1. The van der Waals surface area contributed by atoms with Gasteiger partial charge < -0.3 is 0 Å². The van der Waals surface area contributed by atoms with Crippen LogP contribution in [0.3, 0.4) is 0 Å². The van der Waals surface area contributed by atoms with Gasteiger partial charge in [0.1, 0.15) is 0 Å². The van der Waals surface area contributed by atoms with E-state index in [9.17, 15) is 4.79 Å². The van der Waals surface area contributed by atoms with Crippen molar-refractivity contribution in [2.75, 3.05) is 0 Å². The molecule has 0 heterocycles. The zero-order chi connectivity index (χ0) is 12.1. The Balaban J connectivity index is 2.64. The van der Waals surface area contributed by atoms with Gasteiger partial charge in [0, 0.05) is 0 Å². The fraction of sp³-hybridized carbons (Fsp3) is 0.533. The molecule has 1 atom stereocenters. The van der Waals surface area contributed by atoms with Gasteiger partial charge in [0.05, 0.1) is 0 Å². The fourth-order valence-electron chi connectivity index (χ4n) is 2.05. The topological polar surface area (TPSA) is 17.1 Å². The Kier molecular flexibility index (Phi) is 4.72. The second-order valence-corrected chi connectivity index (χ2v) is 5.03. The Morgan fingerprint density at radius 2 is 2.00 bits per heavy atom. The van der Waals surface area contributed by atoms with Gasteiger partial charge in [-0.05, 0) is 65.0 Å². The molecule has 0 radical (unpaired) electrons. The predicted octanol–water partition coefficient (Wildman–Crippen LogP) is 4.21. The number of ketones is 1. The Morgan fingerprint density at radius 1 is 1.31 bits per heavy atom. The summed E-state index contributed by atoms with van der Waals surface area (Å²) < 4.78 is 0. The highest BCUT2D eigenvalue weighted by Gasteiger charge is 2.14. The maximum absolute atomic E-state index is 11.6. The van der Waals surface area contributed by atoms with E-state index in [1.807, 2.05) is 13.8 Å². The van der Waals surface area contributed by atoms with Crippen molar-refractivity contribution in [1.82, 2.24) is 0 Å². The number of carbonyl (C=O) groups excluding carboxylic acids is 1. The van der Waals surface area contributed by atoms with Gasteiger partial charge in [-0.2, -0.15) is 0 Å². The van der Waals surface area contributed by atoms with Crippen molar-refractivity contribution in [3.8, 4) is 0 Å². The molecule has 88 valence electrons. The first-order chi connectivity index (χ1) is 7.49. The summed E-state index contributed by atoms with van der Waals surface area (Å²) in [5.41, 5.74) is 3.78. The van der Waals surface area contributed by atoms with Gasteiger partial charge >= 0.3 is 0 Å². The third-order valence-corrected chi connectivity index (χ3v) is 3.08. The molecule has 0 saturated heterocycles. The van der Waals surface area contributed by atoms with Crippen LogP contribution < -0.4 is 0 Å². The zero-order valence-corrected chi connectivity index (χ0v) is 10.8. The molecule has 0 saturated carbocycles. The Morgan fingerprint density at radius 3 is 2.50 bits per heavy atom. The Hall–Kier alpha value is -1.11. The van der Waals surface area contributed by atoms with Gasteiger partial charge in [-0.15, -0.1) is 0 Å². The molecule has 1 nitrogen and oxygen atoms in total. The van der Waals surface area contributed by atoms with Crippen molar-refractivity contribution in [3.63, 3.8) is 0 Å². The lowest BCUT2D eigenvalue weighted by molar-refractivity contribution is -0.110. The summed E-state index contributed by atoms with van der Waals surface area (Å²) in [5, 5.41) is 0. The molecule has 0 aromatic rings. The third kappa shape index (κ3) is 4.18. The minimum absolute atomic E-state index is 0.128. The molecule has 1 unspecified atom stereocenters. The maximum atomic E-state index is 11.6. The largest absolute Gasteiger partial charge is 0.290 e. The molecular weight excluding hydrogens is 196 g/mol. The molecule has 1 rings (SSSR count). The van der Waals surface area contributed by atoms with Crippen LogP contribution in [0.25, 0.3) is 0 Å². The van der Waals surface area contributed by atoms with Crippen molar-refractivity contribution in [3.05, 3.63) is 34.9 Å². The summed E-state index contributed by atoms with van der Waals surface area (Å²) in [4.78, 5) is 11.6. The second-order valence-electron chi connectivity index (χ2n) is 5.03. The van der Waals surface area contributed by atoms with Crippen molar-refractivity contribution in [2.45, 2.75) is 47.0 Å². The maximum Gasteiger partial charge on any atom is 0.178 e. The second kappa shape index (κ2) is 5.83. The summed E-state index contributed by atoms with van der Waals surface area (Å²) in [7, 11) is 0. The van der Waals surface area contributed by atoms with E-state index in [2.05, 4.69) is 19.9 Å². The molecular formula is C15H22O. The minimum atomic E-state index is 0.128. The minimum Gasteiger partial charge on any atom is -0.290 e. The number of hydrogen-bond donors (Lipinski definition) is 0. The molecule has 0 spiro atoms. The molecule has 0 N–H and O–H groups in total. The van der Waals surface area contributed by atoms with Crippen LogP contribution in [-0.4, -0.2) is 5.78 Å². The summed E-state index contributed by atoms with van der Waals surface area (Å²) in [5.74, 6) is 0.696. The summed E-state index contributed by atoms with van der Waals surface area (Å²) in [6.07, 6.45) is 9.26. The van der Waals surface area contributed by atoms with E-state index < -0.39 is 0 Å². The first-order valence-electron chi connectivity index (χ1n) is 6.01. The van der Waals surface area contributed by atoms with E-state index in [1.165, 1.54) is 24.0 Å². The lowest BCUT2D eigenvalue weighted by Gasteiger charge is -2.20. The van der Waals surface area contributed by atoms with Crippen LogP contribution >= 0.6 is 0 Å². The average Bonchev–Trinajstić information content (AvgIpc) is 2.16. The van der Waals surface area contributed by atoms with E-state index in [0.717, 1.165) is 12.0 Å². The molecule has 0 aromatic heterocycles. The van der Waals surface area contributed by atoms with E-state index in [-0.39, 0.29) is 5.78 Å². The molecule has 0 fully saturated rings. The van der Waals surface area contributed by atoms with Crippen LogP contribution in [0.1, 0.15) is 47.0 Å². The molecule has 0 amide bonds. The Bertz CT molecular complexity index is 352. The highest BCUT2D eigenvalue weighted by atomic mass is 16.1. The van der Waals surface area contributed by atoms with Gasteiger partial charge in [0.25, 0.3) is 0 Å². The molecule has 16 heavy (non-hydrogen) atoms. The smallest absolute Gasteiger partial charge is 0.178 e. The van der Waals surface area contributed by atoms with E-state index in [0.29, 0.717) is 5.92 Å². The van der Waals surface area contributed by atoms with Crippen LogP contribution in [0.2, 0.25) is 0 Å². The average molecular weight is 218 g/mol. The van der Waals surface area contributed by atoms with Crippen LogP contribution in [0.15, 0.2) is 34.9 Å². The fourth-order valence-corrected chi connectivity index (χ4v) is 2.05. The highest BCUT2D eigenvalue weighted by molar-refractivity contribution is 6.00. The number of allylic oxidation sites excluding steroid dienone is 6. The monoisotopic (exact) mass is 218 g/mol. The first-order valence-corrected chi connectivity index (χ1v) is 6.01. The molecule has 0 aromatic carbocycles. The van der Waals surface area contributed by atoms with Gasteiger partial charge in [0.15, 0.2) is 5.78 Å². The van der Waals surface area contributed by atoms with Gasteiger partial charge in [0.2, 0.25) is 0 Å². The van der Waals surface area contributed by atoms with Crippen molar-refractivity contribution in [2.24, 2.45) is 5.92 Å². The SMILES string of the molecule is CC(C)=CC(=O)/C=C(\C)C1CC=C(C)CC1. The summed E-state index contributed by atoms with van der Waals surface area (Å²) in [6.45, 7) is 8.17. The molecule has 0 bridgehead atoms. The van der Waals surface area contributed by atoms with Crippen molar-refractivity contribution < 1.29 is 4.79 Å². The lowest BCUT2D eigenvalue weighted by atomic mass is 9.85. The zero-order valence-electron chi connectivity index (χ0n) is 10.8. The first kappa shape index (κ1) is 13.0. The van der Waals surface area contributed by atoms with Gasteiger partial charge in [-0.1, -0.05) is 22.8 Å². The number of hydrogen-bond acceptors (Lipinski definition) is 1. The standard InChI is InChI=1S/C15H22O/c1-11(2)9-15(16)10-13(4)14-7-5-12(3)6-8-14/h5,9-10,14H,6-8H2,1-4H3/b13-10+. The normalized spacial score (nSPS) is 21.4. The quantitative estimate of drug-likeness (QED) is 0.512. The Labute approximate surface area is 98.9 Å². The van der Waals surface area contributed by atoms with Crippen LogP contribution in [-0.2, 0) is 4.79 Å². The van der Waals surface area contributed by atoms with Crippen LogP contribution in [0, 0.1) is 5.92 Å².